The van der Waals surface area contributed by atoms with Crippen molar-refractivity contribution in [2.75, 3.05) is 21.3 Å². The van der Waals surface area contributed by atoms with E-state index in [1.807, 2.05) is 6.07 Å². The Morgan fingerprint density at radius 2 is 1.64 bits per heavy atom. The maximum atomic E-state index is 13.9. The van der Waals surface area contributed by atoms with Gasteiger partial charge in [0.2, 0.25) is 5.95 Å². The van der Waals surface area contributed by atoms with Crippen LogP contribution in [0.15, 0.2) is 60.8 Å². The van der Waals surface area contributed by atoms with Gasteiger partial charge < -0.3 is 21.3 Å². The summed E-state index contributed by atoms with van der Waals surface area (Å²) in [6.07, 6.45) is 1.72. The molecule has 0 radical (unpaired) electrons. The molecule has 9 nitrogen and oxygen atoms in total. The molecule has 2 amide bonds. The maximum absolute atomic E-state index is 13.9. The third kappa shape index (κ3) is 6.61. The Balaban J connectivity index is 1.17. The van der Waals surface area contributed by atoms with Crippen LogP contribution in [0.5, 0.6) is 0 Å². The van der Waals surface area contributed by atoms with Crippen molar-refractivity contribution in [3.63, 3.8) is 0 Å². The van der Waals surface area contributed by atoms with E-state index in [-0.39, 0.29) is 0 Å². The van der Waals surface area contributed by atoms with Gasteiger partial charge in [-0.15, -0.1) is 0 Å². The van der Waals surface area contributed by atoms with Crippen LogP contribution in [-0.2, 0) is 6.18 Å². The summed E-state index contributed by atoms with van der Waals surface area (Å²) in [6, 6.07) is 11.0. The fraction of sp³-hybridized carbons (Fsp3) is 0.231. The summed E-state index contributed by atoms with van der Waals surface area (Å²) in [6.45, 7) is 0. The number of nitrogens with zero attached hydrogens (tertiary/aromatic N) is 3. The predicted octanol–water partition coefficient (Wildman–Crippen LogP) is 7.15. The summed E-state index contributed by atoms with van der Waals surface area (Å²) in [5.74, 6) is 1.07. The zero-order valence-corrected chi connectivity index (χ0v) is 20.4. The van der Waals surface area contributed by atoms with Gasteiger partial charge in [0.15, 0.2) is 5.82 Å². The summed E-state index contributed by atoms with van der Waals surface area (Å²) >= 11 is 0. The molecule has 5 rings (SSSR count). The first-order chi connectivity index (χ1) is 18.7. The third-order valence-electron chi connectivity index (χ3n) is 6.25. The normalized spacial score (nSPS) is 13.7. The molecule has 0 unspecified atom stereocenters. The van der Waals surface area contributed by atoms with Crippen molar-refractivity contribution in [2.24, 2.45) is 0 Å². The number of alkyl halides is 3. The Kier molecular flexibility index (Phi) is 7.30. The van der Waals surface area contributed by atoms with Crippen molar-refractivity contribution >= 4 is 40.7 Å². The number of aromatic nitrogens is 4. The van der Waals surface area contributed by atoms with Crippen LogP contribution in [0.25, 0.3) is 0 Å². The second-order valence-electron chi connectivity index (χ2n) is 9.05. The van der Waals surface area contributed by atoms with Gasteiger partial charge in [-0.2, -0.15) is 23.3 Å². The van der Waals surface area contributed by atoms with Gasteiger partial charge in [-0.25, -0.2) is 14.2 Å². The average Bonchev–Trinajstić information content (AvgIpc) is 3.59. The minimum absolute atomic E-state index is 0.324. The van der Waals surface area contributed by atoms with E-state index in [0.717, 1.165) is 18.5 Å². The van der Waals surface area contributed by atoms with E-state index < -0.39 is 29.3 Å². The number of anilines is 6. The summed E-state index contributed by atoms with van der Waals surface area (Å²) in [5, 5.41) is 18.2. The fourth-order valence-electron chi connectivity index (χ4n) is 4.31. The Labute approximate surface area is 220 Å². The number of hydrogen-bond donors (Lipinski definition) is 5. The van der Waals surface area contributed by atoms with Gasteiger partial charge in [0.1, 0.15) is 11.6 Å². The van der Waals surface area contributed by atoms with Gasteiger partial charge >= 0.3 is 12.2 Å². The molecular weight excluding hydrogens is 516 g/mol. The molecule has 2 aromatic heterocycles. The number of urea groups is 1. The number of rotatable bonds is 7. The van der Waals surface area contributed by atoms with Crippen LogP contribution in [0.1, 0.15) is 42.9 Å². The van der Waals surface area contributed by atoms with Crippen LogP contribution < -0.4 is 21.3 Å². The first-order valence-corrected chi connectivity index (χ1v) is 12.2. The Hall–Kier alpha value is -4.68. The number of amides is 2. The van der Waals surface area contributed by atoms with E-state index in [4.69, 9.17) is 0 Å². The molecule has 1 aliphatic carbocycles. The number of halogens is 4. The van der Waals surface area contributed by atoms with Gasteiger partial charge in [-0.3, -0.25) is 5.10 Å². The summed E-state index contributed by atoms with van der Waals surface area (Å²) < 4.78 is 52.5. The molecule has 0 bridgehead atoms. The highest BCUT2D eigenvalue weighted by atomic mass is 19.4. The standard InChI is InChI=1S/C26H24F4N8O/c27-19-10-5-16(26(28,29)30)13-21(19)34-25(39)33-18-8-6-17(7-9-18)32-24-31-12-11-22(36-24)35-23-14-20(37-38-23)15-3-1-2-4-15/h5-15H,1-4H2,(H2,33,34,39)(H3,31,32,35,36,37,38). The Morgan fingerprint density at radius 3 is 2.38 bits per heavy atom. The van der Waals surface area contributed by atoms with Crippen molar-refractivity contribution in [3.8, 4) is 0 Å². The molecule has 0 saturated heterocycles. The van der Waals surface area contributed by atoms with E-state index in [1.165, 1.54) is 12.8 Å². The van der Waals surface area contributed by atoms with E-state index in [9.17, 15) is 22.4 Å². The molecule has 0 atom stereocenters. The molecule has 2 aromatic carbocycles. The average molecular weight is 541 g/mol. The number of H-pyrrole nitrogens is 1. The lowest BCUT2D eigenvalue weighted by molar-refractivity contribution is -0.137. The Bertz CT molecular complexity index is 1450. The predicted molar refractivity (Wildman–Crippen MR) is 139 cm³/mol. The van der Waals surface area contributed by atoms with Crippen molar-refractivity contribution in [3.05, 3.63) is 77.9 Å². The van der Waals surface area contributed by atoms with Crippen molar-refractivity contribution in [1.29, 1.82) is 0 Å². The van der Waals surface area contributed by atoms with E-state index in [2.05, 4.69) is 41.4 Å². The first-order valence-electron chi connectivity index (χ1n) is 12.2. The van der Waals surface area contributed by atoms with E-state index in [1.54, 1.807) is 36.5 Å². The molecule has 1 fully saturated rings. The topological polar surface area (TPSA) is 120 Å². The molecule has 1 saturated carbocycles. The molecule has 1 aliphatic rings. The second-order valence-corrected chi connectivity index (χ2v) is 9.05. The maximum Gasteiger partial charge on any atom is 0.416 e. The molecule has 39 heavy (non-hydrogen) atoms. The van der Waals surface area contributed by atoms with Gasteiger partial charge in [0.05, 0.1) is 11.3 Å². The molecule has 0 spiro atoms. The lowest BCUT2D eigenvalue weighted by atomic mass is 10.0. The van der Waals surface area contributed by atoms with Crippen molar-refractivity contribution < 1.29 is 22.4 Å². The lowest BCUT2D eigenvalue weighted by Crippen LogP contribution is -2.20. The Morgan fingerprint density at radius 1 is 0.897 bits per heavy atom. The molecule has 0 aliphatic heterocycles. The number of benzene rings is 2. The molecule has 13 heteroatoms. The summed E-state index contributed by atoms with van der Waals surface area (Å²) in [4.78, 5) is 20.9. The fourth-order valence-corrected chi connectivity index (χ4v) is 4.31. The highest BCUT2D eigenvalue weighted by molar-refractivity contribution is 6.00. The number of carbonyl (C=O) groups is 1. The monoisotopic (exact) mass is 540 g/mol. The first kappa shape index (κ1) is 25.9. The summed E-state index contributed by atoms with van der Waals surface area (Å²) in [7, 11) is 0. The molecule has 4 aromatic rings. The number of carbonyl (C=O) groups excluding carboxylic acids is 1. The van der Waals surface area contributed by atoms with E-state index in [0.29, 0.717) is 53.1 Å². The van der Waals surface area contributed by atoms with Crippen LogP contribution in [0.4, 0.5) is 57.0 Å². The second kappa shape index (κ2) is 11.0. The van der Waals surface area contributed by atoms with Crippen LogP contribution >= 0.6 is 0 Å². The smallest absolute Gasteiger partial charge is 0.324 e. The quantitative estimate of drug-likeness (QED) is 0.159. The zero-order chi connectivity index (χ0) is 27.4. The van der Waals surface area contributed by atoms with Gasteiger partial charge in [-0.1, -0.05) is 12.8 Å². The van der Waals surface area contributed by atoms with Crippen LogP contribution in [-0.4, -0.2) is 26.2 Å². The van der Waals surface area contributed by atoms with Crippen molar-refractivity contribution in [2.45, 2.75) is 37.8 Å². The lowest BCUT2D eigenvalue weighted by Gasteiger charge is -2.12. The number of hydrogen-bond acceptors (Lipinski definition) is 6. The van der Waals surface area contributed by atoms with Gasteiger partial charge in [-0.05, 0) is 61.4 Å². The molecule has 2 heterocycles. The molecular formula is C26H24F4N8O. The molecule has 5 N–H and O–H groups in total. The van der Waals surface area contributed by atoms with Crippen LogP contribution in [0.3, 0.4) is 0 Å². The van der Waals surface area contributed by atoms with Gasteiger partial charge in [0, 0.05) is 35.2 Å². The minimum Gasteiger partial charge on any atom is -0.324 e. The highest BCUT2D eigenvalue weighted by Crippen LogP contribution is 2.34. The van der Waals surface area contributed by atoms with Gasteiger partial charge in [0.25, 0.3) is 0 Å². The van der Waals surface area contributed by atoms with Crippen LogP contribution in [0.2, 0.25) is 0 Å². The third-order valence-corrected chi connectivity index (χ3v) is 6.25. The largest absolute Gasteiger partial charge is 0.416 e. The minimum atomic E-state index is -4.67. The van der Waals surface area contributed by atoms with Crippen molar-refractivity contribution in [1.82, 2.24) is 20.2 Å². The molecule has 202 valence electrons. The van der Waals surface area contributed by atoms with E-state index >= 15 is 0 Å². The SMILES string of the molecule is O=C(Nc1ccc(Nc2nccc(Nc3cc(C4CCCC4)[nH]n3)n2)cc1)Nc1cc(C(F)(F)F)ccc1F. The summed E-state index contributed by atoms with van der Waals surface area (Å²) in [5.41, 5.74) is 0.401. The van der Waals surface area contributed by atoms with Crippen LogP contribution in [0, 0.1) is 5.82 Å². The highest BCUT2D eigenvalue weighted by Gasteiger charge is 2.31. The zero-order valence-electron chi connectivity index (χ0n) is 20.4. The number of aromatic amines is 1. The number of nitrogens with one attached hydrogen (secondary N) is 5.